The first-order valence-corrected chi connectivity index (χ1v) is 12.3. The maximum Gasteiger partial charge on any atom is 0.251 e. The van der Waals surface area contributed by atoms with Crippen LogP contribution < -0.4 is 10.6 Å². The van der Waals surface area contributed by atoms with E-state index < -0.39 is 0 Å². The summed E-state index contributed by atoms with van der Waals surface area (Å²) in [7, 11) is 0. The van der Waals surface area contributed by atoms with Gasteiger partial charge in [-0.15, -0.1) is 11.3 Å². The maximum atomic E-state index is 13.0. The number of carbonyl (C=O) groups excluding carboxylic acids is 2. The molecule has 0 saturated heterocycles. The van der Waals surface area contributed by atoms with Crippen molar-refractivity contribution in [2.75, 3.05) is 11.9 Å². The molecule has 0 fully saturated rings. The fourth-order valence-electron chi connectivity index (χ4n) is 4.14. The third-order valence-electron chi connectivity index (χ3n) is 5.91. The number of anilines is 1. The number of carbonyl (C=O) groups is 2. The van der Waals surface area contributed by atoms with Crippen molar-refractivity contribution in [3.05, 3.63) is 107 Å². The van der Waals surface area contributed by atoms with Crippen LogP contribution in [0.3, 0.4) is 0 Å². The van der Waals surface area contributed by atoms with Crippen LogP contribution in [0.5, 0.6) is 0 Å². The molecule has 0 spiro atoms. The molecular formula is C27H25N5O2S. The minimum absolute atomic E-state index is 0.0289. The van der Waals surface area contributed by atoms with Gasteiger partial charge >= 0.3 is 0 Å². The zero-order chi connectivity index (χ0) is 24.0. The molecule has 35 heavy (non-hydrogen) atoms. The Labute approximate surface area is 206 Å². The minimum Gasteiger partial charge on any atom is -0.361 e. The summed E-state index contributed by atoms with van der Waals surface area (Å²) < 4.78 is 1.85. The Hall–Kier alpha value is -4.17. The van der Waals surface area contributed by atoms with E-state index in [1.807, 2.05) is 35.2 Å². The molecule has 0 aliphatic carbocycles. The van der Waals surface area contributed by atoms with Crippen molar-refractivity contribution in [1.82, 2.24) is 19.9 Å². The molecule has 176 valence electrons. The van der Waals surface area contributed by atoms with E-state index in [1.54, 1.807) is 48.1 Å². The van der Waals surface area contributed by atoms with E-state index in [2.05, 4.69) is 44.2 Å². The smallest absolute Gasteiger partial charge is 0.251 e. The molecule has 3 heterocycles. The summed E-state index contributed by atoms with van der Waals surface area (Å²) in [6, 6.07) is 19.3. The molecule has 0 radical (unpaired) electrons. The Balaban J connectivity index is 1.26. The van der Waals surface area contributed by atoms with Crippen molar-refractivity contribution in [2.45, 2.75) is 18.9 Å². The summed E-state index contributed by atoms with van der Waals surface area (Å²) >= 11 is 1.68. The number of hydrogen-bond donors (Lipinski definition) is 3. The Kier molecular flexibility index (Phi) is 6.72. The van der Waals surface area contributed by atoms with Crippen LogP contribution in [-0.2, 0) is 11.3 Å². The summed E-state index contributed by atoms with van der Waals surface area (Å²) in [5.74, 6) is -0.268. The summed E-state index contributed by atoms with van der Waals surface area (Å²) in [5, 5.41) is 9.18. The van der Waals surface area contributed by atoms with Crippen molar-refractivity contribution in [3.63, 3.8) is 0 Å². The highest BCUT2D eigenvalue weighted by Gasteiger charge is 2.20. The van der Waals surface area contributed by atoms with Gasteiger partial charge in [-0.25, -0.2) is 4.98 Å². The maximum absolute atomic E-state index is 13.0. The molecule has 1 atom stereocenters. The van der Waals surface area contributed by atoms with Gasteiger partial charge < -0.3 is 20.2 Å². The quantitative estimate of drug-likeness (QED) is 0.275. The average Bonchev–Trinajstić information content (AvgIpc) is 3.66. The monoisotopic (exact) mass is 483 g/mol. The molecule has 0 aliphatic heterocycles. The number of aromatic nitrogens is 3. The molecule has 1 unspecified atom stereocenters. The average molecular weight is 484 g/mol. The van der Waals surface area contributed by atoms with E-state index >= 15 is 0 Å². The molecule has 8 heteroatoms. The lowest BCUT2D eigenvalue weighted by molar-refractivity contribution is -0.116. The Morgan fingerprint density at radius 1 is 1.09 bits per heavy atom. The van der Waals surface area contributed by atoms with Crippen molar-refractivity contribution in [2.24, 2.45) is 0 Å². The van der Waals surface area contributed by atoms with E-state index in [0.29, 0.717) is 30.8 Å². The molecule has 0 saturated carbocycles. The molecule has 7 nitrogen and oxygen atoms in total. The molecule has 0 bridgehead atoms. The first-order valence-electron chi connectivity index (χ1n) is 11.4. The van der Waals surface area contributed by atoms with Crippen molar-refractivity contribution < 1.29 is 9.59 Å². The molecule has 5 rings (SSSR count). The first-order chi connectivity index (χ1) is 17.2. The largest absolute Gasteiger partial charge is 0.361 e. The second-order valence-electron chi connectivity index (χ2n) is 8.25. The van der Waals surface area contributed by atoms with Crippen LogP contribution in [0.1, 0.15) is 33.1 Å². The highest BCUT2D eigenvalue weighted by molar-refractivity contribution is 7.10. The van der Waals surface area contributed by atoms with Gasteiger partial charge in [0.05, 0.1) is 6.33 Å². The third-order valence-corrected chi connectivity index (χ3v) is 6.90. The zero-order valence-corrected chi connectivity index (χ0v) is 19.8. The Bertz CT molecular complexity index is 1420. The SMILES string of the molecule is O=C(CCn1ccnc1)Nc1cccc(C(=O)NCC(c2cccs2)c2c[nH]c3ccccc23)c1. The lowest BCUT2D eigenvalue weighted by Gasteiger charge is -2.16. The van der Waals surface area contributed by atoms with E-state index in [1.165, 1.54) is 4.88 Å². The van der Waals surface area contributed by atoms with E-state index in [-0.39, 0.29) is 17.7 Å². The van der Waals surface area contributed by atoms with Gasteiger partial charge in [0, 0.05) is 71.0 Å². The van der Waals surface area contributed by atoms with Gasteiger partial charge in [0.2, 0.25) is 5.91 Å². The van der Waals surface area contributed by atoms with Crippen molar-refractivity contribution in [1.29, 1.82) is 0 Å². The Morgan fingerprint density at radius 3 is 2.83 bits per heavy atom. The zero-order valence-electron chi connectivity index (χ0n) is 19.0. The van der Waals surface area contributed by atoms with Gasteiger partial charge in [-0.3, -0.25) is 9.59 Å². The number of thiophene rings is 1. The standard InChI is InChI=1S/C27H25N5O2S/c33-26(10-12-32-13-11-28-18-32)31-20-6-3-5-19(15-20)27(34)30-17-23(25-9-4-14-35-25)22-16-29-24-8-2-1-7-21(22)24/h1-9,11,13-16,18,23,29H,10,12,17H2,(H,30,34)(H,31,33). The van der Waals surface area contributed by atoms with Gasteiger partial charge in [0.15, 0.2) is 0 Å². The molecule has 2 aromatic carbocycles. The number of rotatable bonds is 9. The van der Waals surface area contributed by atoms with Crippen LogP contribution >= 0.6 is 11.3 Å². The molecule has 2 amide bonds. The summed E-state index contributed by atoms with van der Waals surface area (Å²) in [6.07, 6.45) is 7.53. The van der Waals surface area contributed by atoms with E-state index in [0.717, 1.165) is 16.5 Å². The highest BCUT2D eigenvalue weighted by Crippen LogP contribution is 2.32. The number of nitrogens with zero attached hydrogens (tertiary/aromatic N) is 2. The lowest BCUT2D eigenvalue weighted by Crippen LogP contribution is -2.28. The molecule has 3 N–H and O–H groups in total. The first kappa shape index (κ1) is 22.6. The number of benzene rings is 2. The number of aromatic amines is 1. The Morgan fingerprint density at radius 2 is 2.00 bits per heavy atom. The second kappa shape index (κ2) is 10.4. The van der Waals surface area contributed by atoms with Crippen molar-refractivity contribution in [3.8, 4) is 0 Å². The minimum atomic E-state index is -0.180. The number of nitrogens with one attached hydrogen (secondary N) is 3. The van der Waals surface area contributed by atoms with Crippen molar-refractivity contribution >= 4 is 39.7 Å². The number of amides is 2. The molecule has 5 aromatic rings. The number of aryl methyl sites for hydroxylation is 1. The molecule has 0 aliphatic rings. The number of hydrogen-bond acceptors (Lipinski definition) is 4. The van der Waals surface area contributed by atoms with Crippen LogP contribution in [0.25, 0.3) is 10.9 Å². The lowest BCUT2D eigenvalue weighted by atomic mass is 9.96. The van der Waals surface area contributed by atoms with Crippen LogP contribution in [0, 0.1) is 0 Å². The predicted octanol–water partition coefficient (Wildman–Crippen LogP) is 5.02. The predicted molar refractivity (Wildman–Crippen MR) is 139 cm³/mol. The fraction of sp³-hybridized carbons (Fsp3) is 0.148. The van der Waals surface area contributed by atoms with E-state index in [9.17, 15) is 9.59 Å². The fourth-order valence-corrected chi connectivity index (χ4v) is 4.99. The number of para-hydroxylation sites is 1. The van der Waals surface area contributed by atoms with Crippen LogP contribution in [-0.4, -0.2) is 32.9 Å². The number of imidazole rings is 1. The van der Waals surface area contributed by atoms with Gasteiger partial charge in [0.25, 0.3) is 5.91 Å². The summed E-state index contributed by atoms with van der Waals surface area (Å²) in [5.41, 5.74) is 3.33. The number of fused-ring (bicyclic) bond motifs is 1. The van der Waals surface area contributed by atoms with Gasteiger partial charge in [-0.2, -0.15) is 0 Å². The summed E-state index contributed by atoms with van der Waals surface area (Å²) in [4.78, 5) is 33.9. The number of H-pyrrole nitrogens is 1. The molecular weight excluding hydrogens is 458 g/mol. The normalized spacial score (nSPS) is 11.9. The summed E-state index contributed by atoms with van der Waals surface area (Å²) in [6.45, 7) is 1.01. The van der Waals surface area contributed by atoms with Crippen LogP contribution in [0.2, 0.25) is 0 Å². The molecule has 3 aromatic heterocycles. The van der Waals surface area contributed by atoms with Gasteiger partial charge in [-0.05, 0) is 41.3 Å². The van der Waals surface area contributed by atoms with Crippen LogP contribution in [0.4, 0.5) is 5.69 Å². The highest BCUT2D eigenvalue weighted by atomic mass is 32.1. The van der Waals surface area contributed by atoms with Gasteiger partial charge in [-0.1, -0.05) is 30.3 Å². The van der Waals surface area contributed by atoms with Gasteiger partial charge in [0.1, 0.15) is 0 Å². The second-order valence-corrected chi connectivity index (χ2v) is 9.23. The van der Waals surface area contributed by atoms with Crippen LogP contribution in [0.15, 0.2) is 91.0 Å². The third kappa shape index (κ3) is 5.33. The van der Waals surface area contributed by atoms with E-state index in [4.69, 9.17) is 0 Å². The topological polar surface area (TPSA) is 91.8 Å².